The van der Waals surface area contributed by atoms with Crippen molar-refractivity contribution in [3.63, 3.8) is 0 Å². The van der Waals surface area contributed by atoms with E-state index >= 15 is 0 Å². The van der Waals surface area contributed by atoms with Gasteiger partial charge in [-0.05, 0) is 19.4 Å². The molecule has 0 bridgehead atoms. The second-order valence-electron chi connectivity index (χ2n) is 7.07. The van der Waals surface area contributed by atoms with Crippen LogP contribution in [0.2, 0.25) is 0 Å². The maximum absolute atomic E-state index is 13.8. The van der Waals surface area contributed by atoms with Gasteiger partial charge in [0.25, 0.3) is 0 Å². The number of hydrogen-bond acceptors (Lipinski definition) is 4. The number of fused-ring (bicyclic) bond motifs is 1. The van der Waals surface area contributed by atoms with Gasteiger partial charge in [0.2, 0.25) is 0 Å². The van der Waals surface area contributed by atoms with Crippen molar-refractivity contribution in [3.05, 3.63) is 35.6 Å². The molecule has 4 nitrogen and oxygen atoms in total. The Bertz CT molecular complexity index is 564. The van der Waals surface area contributed by atoms with Crippen LogP contribution in [-0.4, -0.2) is 30.4 Å². The molecular formula is C19H27FO4. The van der Waals surface area contributed by atoms with Crippen molar-refractivity contribution in [1.29, 1.82) is 0 Å². The standard InChI is InChI=1S/C19H27FO4/c1-5-8-15-16(21-11-13-9-6-7-10-14(13)20)17-18(22-15)24-19(4,23-17)12(2)3/h6-7,9-10,12,15-18H,5,8,11H2,1-4H3/t15-,16+,17-,18-,19?/m1/s1. The molecule has 1 unspecified atom stereocenters. The van der Waals surface area contributed by atoms with Crippen molar-refractivity contribution in [2.24, 2.45) is 5.92 Å². The summed E-state index contributed by atoms with van der Waals surface area (Å²) >= 11 is 0. The minimum Gasteiger partial charge on any atom is -0.368 e. The fourth-order valence-corrected chi connectivity index (χ4v) is 3.23. The second kappa shape index (κ2) is 7.08. The molecule has 5 atom stereocenters. The molecule has 0 N–H and O–H groups in total. The van der Waals surface area contributed by atoms with Gasteiger partial charge in [-0.15, -0.1) is 0 Å². The molecule has 1 aromatic carbocycles. The Morgan fingerprint density at radius 3 is 2.67 bits per heavy atom. The zero-order chi connectivity index (χ0) is 17.3. The van der Waals surface area contributed by atoms with Gasteiger partial charge in [0.15, 0.2) is 12.1 Å². The van der Waals surface area contributed by atoms with E-state index in [1.165, 1.54) is 6.07 Å². The maximum atomic E-state index is 13.8. The van der Waals surface area contributed by atoms with Crippen LogP contribution >= 0.6 is 0 Å². The predicted molar refractivity (Wildman–Crippen MR) is 87.7 cm³/mol. The quantitative estimate of drug-likeness (QED) is 0.785. The molecule has 0 amide bonds. The largest absolute Gasteiger partial charge is 0.368 e. The molecule has 0 aliphatic carbocycles. The maximum Gasteiger partial charge on any atom is 0.190 e. The first-order valence-corrected chi connectivity index (χ1v) is 8.80. The first-order chi connectivity index (χ1) is 11.4. The van der Waals surface area contributed by atoms with Crippen molar-refractivity contribution in [3.8, 4) is 0 Å². The smallest absolute Gasteiger partial charge is 0.190 e. The van der Waals surface area contributed by atoms with E-state index in [9.17, 15) is 4.39 Å². The zero-order valence-electron chi connectivity index (χ0n) is 14.8. The van der Waals surface area contributed by atoms with Gasteiger partial charge in [-0.3, -0.25) is 0 Å². The molecular weight excluding hydrogens is 311 g/mol. The van der Waals surface area contributed by atoms with Crippen LogP contribution in [0.5, 0.6) is 0 Å². The lowest BCUT2D eigenvalue weighted by Crippen LogP contribution is -2.40. The third-order valence-corrected chi connectivity index (χ3v) is 5.00. The van der Waals surface area contributed by atoms with E-state index < -0.39 is 12.1 Å². The highest BCUT2D eigenvalue weighted by molar-refractivity contribution is 5.16. The lowest BCUT2D eigenvalue weighted by atomic mass is 10.0. The van der Waals surface area contributed by atoms with E-state index in [1.807, 2.05) is 13.0 Å². The number of hydrogen-bond donors (Lipinski definition) is 0. The van der Waals surface area contributed by atoms with Crippen LogP contribution in [0.1, 0.15) is 46.1 Å². The molecule has 2 saturated heterocycles. The SMILES string of the molecule is CCC[C@H]1O[C@@H]2OC(C)(C(C)C)O[C@@H]2[C@H]1OCc1ccccc1F. The molecule has 0 aromatic heterocycles. The van der Waals surface area contributed by atoms with E-state index in [0.29, 0.717) is 5.56 Å². The third-order valence-electron chi connectivity index (χ3n) is 5.00. The Morgan fingerprint density at radius 1 is 1.25 bits per heavy atom. The molecule has 1 aromatic rings. The number of ether oxygens (including phenoxy) is 4. The lowest BCUT2D eigenvalue weighted by Gasteiger charge is -2.31. The van der Waals surface area contributed by atoms with Gasteiger partial charge in [0.05, 0.1) is 12.7 Å². The van der Waals surface area contributed by atoms with Crippen molar-refractivity contribution in [2.75, 3.05) is 0 Å². The fourth-order valence-electron chi connectivity index (χ4n) is 3.23. The van der Waals surface area contributed by atoms with Crippen molar-refractivity contribution in [1.82, 2.24) is 0 Å². The fraction of sp³-hybridized carbons (Fsp3) is 0.684. The molecule has 5 heteroatoms. The highest BCUT2D eigenvalue weighted by Crippen LogP contribution is 2.43. The number of rotatable bonds is 6. The summed E-state index contributed by atoms with van der Waals surface area (Å²) in [6, 6.07) is 6.67. The van der Waals surface area contributed by atoms with Crippen molar-refractivity contribution >= 4 is 0 Å². The predicted octanol–water partition coefficient (Wildman–Crippen LogP) is 4.02. The average molecular weight is 338 g/mol. The highest BCUT2D eigenvalue weighted by Gasteiger charge is 2.57. The normalized spacial score (nSPS) is 35.6. The topological polar surface area (TPSA) is 36.9 Å². The van der Waals surface area contributed by atoms with Crippen molar-refractivity contribution in [2.45, 2.75) is 77.5 Å². The summed E-state index contributed by atoms with van der Waals surface area (Å²) in [5, 5.41) is 0. The molecule has 2 aliphatic rings. The third kappa shape index (κ3) is 3.36. The Morgan fingerprint density at radius 2 is 2.00 bits per heavy atom. The zero-order valence-corrected chi connectivity index (χ0v) is 14.8. The van der Waals surface area contributed by atoms with Crippen LogP contribution in [0.3, 0.4) is 0 Å². The lowest BCUT2D eigenvalue weighted by molar-refractivity contribution is -0.247. The minimum atomic E-state index is -0.674. The molecule has 0 radical (unpaired) electrons. The molecule has 2 heterocycles. The van der Waals surface area contributed by atoms with Gasteiger partial charge in [-0.2, -0.15) is 0 Å². The second-order valence-corrected chi connectivity index (χ2v) is 7.07. The molecule has 0 saturated carbocycles. The monoisotopic (exact) mass is 338 g/mol. The van der Waals surface area contributed by atoms with E-state index in [4.69, 9.17) is 18.9 Å². The summed E-state index contributed by atoms with van der Waals surface area (Å²) in [6.07, 6.45) is 0.800. The van der Waals surface area contributed by atoms with Gasteiger partial charge in [-0.1, -0.05) is 45.4 Å². The van der Waals surface area contributed by atoms with Gasteiger partial charge in [0.1, 0.15) is 18.0 Å². The Labute approximate surface area is 143 Å². The van der Waals surface area contributed by atoms with E-state index in [2.05, 4.69) is 20.8 Å². The highest BCUT2D eigenvalue weighted by atomic mass is 19.1. The van der Waals surface area contributed by atoms with Crippen LogP contribution in [0.15, 0.2) is 24.3 Å². The first kappa shape index (κ1) is 17.8. The van der Waals surface area contributed by atoms with Gasteiger partial charge in [0, 0.05) is 11.5 Å². The Balaban J connectivity index is 1.72. The summed E-state index contributed by atoms with van der Waals surface area (Å²) < 4.78 is 38.1. The van der Waals surface area contributed by atoms with Gasteiger partial charge < -0.3 is 18.9 Å². The molecule has 2 aliphatic heterocycles. The minimum absolute atomic E-state index is 0.0894. The van der Waals surface area contributed by atoms with Crippen molar-refractivity contribution < 1.29 is 23.3 Å². The average Bonchev–Trinajstić information content (AvgIpc) is 3.01. The van der Waals surface area contributed by atoms with E-state index in [0.717, 1.165) is 12.8 Å². The van der Waals surface area contributed by atoms with Crippen LogP contribution in [0.25, 0.3) is 0 Å². The number of benzene rings is 1. The first-order valence-electron chi connectivity index (χ1n) is 8.80. The summed E-state index contributed by atoms with van der Waals surface area (Å²) in [4.78, 5) is 0. The van der Waals surface area contributed by atoms with Crippen LogP contribution in [0.4, 0.5) is 4.39 Å². The van der Waals surface area contributed by atoms with Crippen LogP contribution in [0, 0.1) is 11.7 Å². The summed E-state index contributed by atoms with van der Waals surface area (Å²) in [6.45, 7) is 8.35. The Kier molecular flexibility index (Phi) is 5.25. The molecule has 24 heavy (non-hydrogen) atoms. The molecule has 3 rings (SSSR count). The molecule has 0 spiro atoms. The summed E-state index contributed by atoms with van der Waals surface area (Å²) in [7, 11) is 0. The summed E-state index contributed by atoms with van der Waals surface area (Å²) in [5.74, 6) is -0.731. The van der Waals surface area contributed by atoms with Gasteiger partial charge >= 0.3 is 0 Å². The van der Waals surface area contributed by atoms with Gasteiger partial charge in [-0.25, -0.2) is 4.39 Å². The van der Waals surface area contributed by atoms with Crippen LogP contribution in [-0.2, 0) is 25.6 Å². The van der Waals surface area contributed by atoms with E-state index in [1.54, 1.807) is 12.1 Å². The Hall–Kier alpha value is -1.01. The molecule has 2 fully saturated rings. The van der Waals surface area contributed by atoms with Crippen LogP contribution < -0.4 is 0 Å². The summed E-state index contributed by atoms with van der Waals surface area (Å²) in [5.41, 5.74) is 0.543. The number of halogens is 1. The molecule has 134 valence electrons. The van der Waals surface area contributed by atoms with E-state index in [-0.39, 0.29) is 36.7 Å².